The summed E-state index contributed by atoms with van der Waals surface area (Å²) >= 11 is 0. The van der Waals surface area contributed by atoms with E-state index in [1.807, 2.05) is 5.43 Å². The Bertz CT molecular complexity index is 870. The van der Waals surface area contributed by atoms with Crippen molar-refractivity contribution in [3.8, 4) is 0 Å². The van der Waals surface area contributed by atoms with Crippen LogP contribution in [0, 0.1) is 30.3 Å². The number of nitrogens with zero attached hydrogens (tertiary/aromatic N) is 4. The Morgan fingerprint density at radius 1 is 1.00 bits per heavy atom. The van der Waals surface area contributed by atoms with Crippen LogP contribution < -0.4 is 5.43 Å². The van der Waals surface area contributed by atoms with Gasteiger partial charge in [-0.15, -0.1) is 0 Å². The molecule has 1 aromatic carbocycles. The van der Waals surface area contributed by atoms with E-state index in [-0.39, 0.29) is 11.3 Å². The minimum Gasteiger partial charge on any atom is -0.400 e. The van der Waals surface area contributed by atoms with Crippen LogP contribution in [0.1, 0.15) is 16.1 Å². The molecule has 0 saturated heterocycles. The van der Waals surface area contributed by atoms with E-state index < -0.39 is 37.9 Å². The summed E-state index contributed by atoms with van der Waals surface area (Å²) in [5.74, 6) is -1.51. The van der Waals surface area contributed by atoms with Crippen LogP contribution in [0.25, 0.3) is 0 Å². The number of carbonyl (C=O) groups is 1. The largest absolute Gasteiger partial charge is 0.433 e. The second-order valence-electron chi connectivity index (χ2n) is 4.38. The predicted molar refractivity (Wildman–Crippen MR) is 80.2 cm³/mol. The molecule has 2 rings (SSSR count). The van der Waals surface area contributed by atoms with E-state index in [2.05, 4.69) is 5.10 Å². The van der Waals surface area contributed by atoms with Crippen molar-refractivity contribution >= 4 is 29.4 Å². The fourth-order valence-corrected chi connectivity index (χ4v) is 1.67. The molecule has 13 nitrogen and oxygen atoms in total. The molecule has 0 unspecified atom stereocenters. The van der Waals surface area contributed by atoms with Crippen LogP contribution in [0.5, 0.6) is 0 Å². The predicted octanol–water partition coefficient (Wildman–Crippen LogP) is 1.77. The van der Waals surface area contributed by atoms with Gasteiger partial charge in [-0.25, -0.2) is 5.43 Å². The van der Waals surface area contributed by atoms with Gasteiger partial charge in [-0.05, 0) is 6.07 Å². The van der Waals surface area contributed by atoms with E-state index >= 15 is 0 Å². The lowest BCUT2D eigenvalue weighted by Gasteiger charge is -2.00. The molecular weight excluding hydrogens is 342 g/mol. The second kappa shape index (κ2) is 6.95. The molecule has 1 aromatic heterocycles. The molecule has 0 atom stereocenters. The zero-order valence-corrected chi connectivity index (χ0v) is 12.0. The number of hydrazone groups is 1. The molecule has 0 fully saturated rings. The van der Waals surface area contributed by atoms with Crippen LogP contribution in [0.3, 0.4) is 0 Å². The fourth-order valence-electron chi connectivity index (χ4n) is 1.67. The Morgan fingerprint density at radius 2 is 1.60 bits per heavy atom. The maximum Gasteiger partial charge on any atom is 0.433 e. The SMILES string of the molecule is O=C(NN=Cc1ccc([N+](=O)[O-])o1)c1cc([N+](=O)[O-])cc([N+](=O)[O-])c1. The minimum atomic E-state index is -0.955. The summed E-state index contributed by atoms with van der Waals surface area (Å²) in [5.41, 5.74) is 0.347. The minimum absolute atomic E-state index is 0.0305. The topological polar surface area (TPSA) is 184 Å². The van der Waals surface area contributed by atoms with Crippen molar-refractivity contribution in [2.75, 3.05) is 0 Å². The van der Waals surface area contributed by atoms with Gasteiger partial charge in [0.25, 0.3) is 17.3 Å². The number of amides is 1. The molecule has 1 amide bonds. The molecule has 0 aliphatic rings. The summed E-state index contributed by atoms with van der Waals surface area (Å²) in [6, 6.07) is 4.70. The first-order valence-electron chi connectivity index (χ1n) is 6.29. The number of non-ortho nitro benzene ring substituents is 2. The highest BCUT2D eigenvalue weighted by atomic mass is 16.7. The van der Waals surface area contributed by atoms with Gasteiger partial charge >= 0.3 is 5.88 Å². The molecule has 0 radical (unpaired) electrons. The maximum atomic E-state index is 11.9. The lowest BCUT2D eigenvalue weighted by atomic mass is 10.1. The molecular formula is C12H7N5O8. The Hall–Kier alpha value is -4.16. The van der Waals surface area contributed by atoms with Crippen molar-refractivity contribution in [3.63, 3.8) is 0 Å². The number of benzene rings is 1. The molecule has 1 N–H and O–H groups in total. The first-order chi connectivity index (χ1) is 11.8. The summed E-state index contributed by atoms with van der Waals surface area (Å²) in [4.78, 5) is 41.3. The standard InChI is InChI=1S/C12H7N5O8/c18-12(14-13-6-10-1-2-11(25-10)17(23)24)7-3-8(15(19)20)5-9(4-7)16(21)22/h1-6H,(H,14,18). The van der Waals surface area contributed by atoms with Gasteiger partial charge in [0.15, 0.2) is 5.76 Å². The summed E-state index contributed by atoms with van der Waals surface area (Å²) in [5, 5.41) is 35.4. The van der Waals surface area contributed by atoms with E-state index in [1.165, 1.54) is 6.07 Å². The molecule has 0 spiro atoms. The highest BCUT2D eigenvalue weighted by molar-refractivity contribution is 5.96. The molecule has 1 heterocycles. The van der Waals surface area contributed by atoms with E-state index in [1.54, 1.807) is 0 Å². The number of nitro benzene ring substituents is 2. The lowest BCUT2D eigenvalue weighted by molar-refractivity contribution is -0.402. The first kappa shape index (κ1) is 17.2. The van der Waals surface area contributed by atoms with Gasteiger partial charge in [0.05, 0.1) is 33.8 Å². The Kier molecular flexibility index (Phi) is 4.78. The third kappa shape index (κ3) is 4.19. The van der Waals surface area contributed by atoms with Gasteiger partial charge in [-0.2, -0.15) is 5.10 Å². The molecule has 0 aliphatic heterocycles. The second-order valence-corrected chi connectivity index (χ2v) is 4.38. The number of carbonyl (C=O) groups excluding carboxylic acids is 1. The van der Waals surface area contributed by atoms with Gasteiger partial charge in [-0.3, -0.25) is 35.1 Å². The third-order valence-electron chi connectivity index (χ3n) is 2.74. The maximum absolute atomic E-state index is 11.9. The van der Waals surface area contributed by atoms with Gasteiger partial charge in [0.1, 0.15) is 4.92 Å². The van der Waals surface area contributed by atoms with Crippen LogP contribution >= 0.6 is 0 Å². The number of nitrogens with one attached hydrogen (secondary N) is 1. The van der Waals surface area contributed by atoms with Gasteiger partial charge < -0.3 is 4.42 Å². The fraction of sp³-hybridized carbons (Fsp3) is 0. The smallest absolute Gasteiger partial charge is 0.400 e. The van der Waals surface area contributed by atoms with E-state index in [0.29, 0.717) is 6.07 Å². The summed E-state index contributed by atoms with van der Waals surface area (Å²) < 4.78 is 4.76. The van der Waals surface area contributed by atoms with Crippen LogP contribution in [-0.2, 0) is 0 Å². The summed E-state index contributed by atoms with van der Waals surface area (Å²) in [7, 11) is 0. The molecule has 0 aliphatic carbocycles. The lowest BCUT2D eigenvalue weighted by Crippen LogP contribution is -2.18. The molecule has 2 aromatic rings. The number of hydrogen-bond acceptors (Lipinski definition) is 9. The van der Waals surface area contributed by atoms with Crippen molar-refractivity contribution < 1.29 is 24.0 Å². The van der Waals surface area contributed by atoms with Crippen molar-refractivity contribution in [1.29, 1.82) is 0 Å². The Morgan fingerprint density at radius 3 is 2.08 bits per heavy atom. The summed E-state index contributed by atoms with van der Waals surface area (Å²) in [6.45, 7) is 0. The molecule has 0 bridgehead atoms. The number of rotatable bonds is 6. The number of furan rings is 1. The number of hydrogen-bond donors (Lipinski definition) is 1. The quantitative estimate of drug-likeness (QED) is 0.464. The number of nitro groups is 3. The van der Waals surface area contributed by atoms with Gasteiger partial charge in [-0.1, -0.05) is 0 Å². The van der Waals surface area contributed by atoms with E-state index in [0.717, 1.165) is 24.4 Å². The van der Waals surface area contributed by atoms with E-state index in [4.69, 9.17) is 4.42 Å². The average molecular weight is 349 g/mol. The van der Waals surface area contributed by atoms with Crippen molar-refractivity contribution in [3.05, 3.63) is 72.0 Å². The normalized spacial score (nSPS) is 10.6. The zero-order valence-electron chi connectivity index (χ0n) is 12.0. The van der Waals surface area contributed by atoms with Crippen LogP contribution in [0.4, 0.5) is 17.3 Å². The van der Waals surface area contributed by atoms with Crippen LogP contribution in [-0.4, -0.2) is 26.9 Å². The van der Waals surface area contributed by atoms with Crippen LogP contribution in [0.2, 0.25) is 0 Å². The Balaban J connectivity index is 2.16. The molecule has 25 heavy (non-hydrogen) atoms. The van der Waals surface area contributed by atoms with Gasteiger partial charge in [0.2, 0.25) is 0 Å². The van der Waals surface area contributed by atoms with Gasteiger partial charge in [0, 0.05) is 12.1 Å². The molecule has 13 heteroatoms. The highest BCUT2D eigenvalue weighted by Gasteiger charge is 2.19. The van der Waals surface area contributed by atoms with Crippen molar-refractivity contribution in [1.82, 2.24) is 5.43 Å². The third-order valence-corrected chi connectivity index (χ3v) is 2.74. The monoisotopic (exact) mass is 349 g/mol. The zero-order chi connectivity index (χ0) is 18.6. The summed E-state index contributed by atoms with van der Waals surface area (Å²) in [6.07, 6.45) is 0.955. The van der Waals surface area contributed by atoms with Crippen molar-refractivity contribution in [2.45, 2.75) is 0 Å². The Labute approximate surface area is 137 Å². The average Bonchev–Trinajstić information content (AvgIpc) is 3.03. The first-order valence-corrected chi connectivity index (χ1v) is 6.29. The van der Waals surface area contributed by atoms with Crippen LogP contribution in [0.15, 0.2) is 39.9 Å². The molecule has 0 saturated carbocycles. The molecule has 128 valence electrons. The van der Waals surface area contributed by atoms with Crippen molar-refractivity contribution in [2.24, 2.45) is 5.10 Å². The van der Waals surface area contributed by atoms with E-state index in [9.17, 15) is 35.1 Å². The highest BCUT2D eigenvalue weighted by Crippen LogP contribution is 2.22.